The Morgan fingerprint density at radius 2 is 1.56 bits per heavy atom. The molecule has 5 nitrogen and oxygen atoms in total. The number of aliphatic hydroxyl groups excluding tert-OH is 1. The van der Waals surface area contributed by atoms with Crippen LogP contribution in [0.15, 0.2) is 66.4 Å². The summed E-state index contributed by atoms with van der Waals surface area (Å²) in [4.78, 5) is 24.2. The van der Waals surface area contributed by atoms with Crippen molar-refractivity contribution in [3.05, 3.63) is 83.1 Å². The monoisotopic (exact) mass is 331 g/mol. The smallest absolute Gasteiger partial charge is 0.337 e. The number of carbonyl (C=O) groups excluding carboxylic acids is 1. The molecular formula is C20H13NO4. The molecule has 0 aliphatic heterocycles. The highest BCUT2D eigenvalue weighted by Crippen LogP contribution is 2.35. The second-order valence-corrected chi connectivity index (χ2v) is 5.74. The molecule has 0 atom stereocenters. The lowest BCUT2D eigenvalue weighted by Crippen LogP contribution is -2.20. The van der Waals surface area contributed by atoms with E-state index in [9.17, 15) is 19.8 Å². The summed E-state index contributed by atoms with van der Waals surface area (Å²) in [6.07, 6.45) is 0. The molecule has 3 aromatic carbocycles. The van der Waals surface area contributed by atoms with Crippen molar-refractivity contribution in [2.75, 3.05) is 5.32 Å². The Morgan fingerprint density at radius 3 is 2.28 bits per heavy atom. The molecule has 3 N–H and O–H groups in total. The number of hydrogen-bond acceptors (Lipinski definition) is 4. The fourth-order valence-electron chi connectivity index (χ4n) is 3.13. The van der Waals surface area contributed by atoms with Crippen molar-refractivity contribution < 1.29 is 19.8 Å². The molecule has 0 fully saturated rings. The third-order valence-corrected chi connectivity index (χ3v) is 4.29. The lowest BCUT2D eigenvalue weighted by Gasteiger charge is -2.21. The minimum absolute atomic E-state index is 0.0210. The zero-order valence-electron chi connectivity index (χ0n) is 13.0. The van der Waals surface area contributed by atoms with Crippen molar-refractivity contribution >= 4 is 34.0 Å². The summed E-state index contributed by atoms with van der Waals surface area (Å²) in [5.41, 5.74) is 1.26. The van der Waals surface area contributed by atoms with Gasteiger partial charge in [0, 0.05) is 16.5 Å². The first kappa shape index (κ1) is 15.0. The molecule has 5 heteroatoms. The lowest BCUT2D eigenvalue weighted by atomic mass is 9.89. The summed E-state index contributed by atoms with van der Waals surface area (Å²) in [6.45, 7) is 0. The fourth-order valence-corrected chi connectivity index (χ4v) is 3.13. The van der Waals surface area contributed by atoms with Crippen LogP contribution in [0.25, 0.3) is 16.5 Å². The van der Waals surface area contributed by atoms with Crippen LogP contribution in [-0.4, -0.2) is 22.0 Å². The van der Waals surface area contributed by atoms with Gasteiger partial charge in [-0.3, -0.25) is 4.79 Å². The number of anilines is 1. The predicted molar refractivity (Wildman–Crippen MR) is 94.9 cm³/mol. The van der Waals surface area contributed by atoms with Gasteiger partial charge in [0.05, 0.1) is 11.3 Å². The third kappa shape index (κ3) is 2.25. The van der Waals surface area contributed by atoms with Crippen molar-refractivity contribution in [3.63, 3.8) is 0 Å². The van der Waals surface area contributed by atoms with Crippen LogP contribution in [0.5, 0.6) is 0 Å². The number of nitrogens with one attached hydrogen (secondary N) is 1. The Labute approximate surface area is 142 Å². The Kier molecular flexibility index (Phi) is 3.28. The van der Waals surface area contributed by atoms with Crippen molar-refractivity contribution in [2.24, 2.45) is 0 Å². The molecule has 122 valence electrons. The van der Waals surface area contributed by atoms with Gasteiger partial charge in [-0.05, 0) is 17.5 Å². The SMILES string of the molecule is O=C(O)c1ccccc1NC1=C(O)c2cccc3cccc(c23)C1=O. The molecule has 0 spiro atoms. The first-order valence-electron chi connectivity index (χ1n) is 7.67. The summed E-state index contributed by atoms with van der Waals surface area (Å²) in [5, 5.41) is 24.3. The van der Waals surface area contributed by atoms with Gasteiger partial charge < -0.3 is 15.5 Å². The van der Waals surface area contributed by atoms with Crippen LogP contribution < -0.4 is 5.32 Å². The molecule has 0 radical (unpaired) electrons. The highest BCUT2D eigenvalue weighted by atomic mass is 16.4. The van der Waals surface area contributed by atoms with E-state index in [1.807, 2.05) is 12.1 Å². The summed E-state index contributed by atoms with van der Waals surface area (Å²) < 4.78 is 0. The number of Topliss-reactive ketones (excluding diaryl/α,β-unsaturated/α-hetero) is 1. The summed E-state index contributed by atoms with van der Waals surface area (Å²) in [5.74, 6) is -1.68. The molecule has 0 saturated heterocycles. The minimum atomic E-state index is -1.12. The first-order chi connectivity index (χ1) is 12.1. The van der Waals surface area contributed by atoms with Gasteiger partial charge in [0.15, 0.2) is 5.76 Å². The van der Waals surface area contributed by atoms with Crippen LogP contribution in [0, 0.1) is 0 Å². The quantitative estimate of drug-likeness (QED) is 0.673. The number of hydrogen-bond donors (Lipinski definition) is 3. The van der Waals surface area contributed by atoms with Gasteiger partial charge in [-0.1, -0.05) is 48.5 Å². The van der Waals surface area contributed by atoms with Crippen molar-refractivity contribution in [1.29, 1.82) is 0 Å². The van der Waals surface area contributed by atoms with Crippen LogP contribution in [0.3, 0.4) is 0 Å². The average molecular weight is 331 g/mol. The predicted octanol–water partition coefficient (Wildman–Crippen LogP) is 4.07. The van der Waals surface area contributed by atoms with Gasteiger partial charge in [0.25, 0.3) is 0 Å². The van der Waals surface area contributed by atoms with E-state index in [0.717, 1.165) is 5.39 Å². The zero-order chi connectivity index (χ0) is 17.6. The van der Waals surface area contributed by atoms with Gasteiger partial charge >= 0.3 is 5.97 Å². The Balaban J connectivity index is 1.90. The van der Waals surface area contributed by atoms with E-state index in [-0.39, 0.29) is 28.5 Å². The molecule has 0 aromatic heterocycles. The fraction of sp³-hybridized carbons (Fsp3) is 0. The van der Waals surface area contributed by atoms with Crippen molar-refractivity contribution in [1.82, 2.24) is 0 Å². The van der Waals surface area contributed by atoms with Gasteiger partial charge in [-0.2, -0.15) is 0 Å². The molecule has 0 saturated carbocycles. The second kappa shape index (κ2) is 5.49. The topological polar surface area (TPSA) is 86.6 Å². The van der Waals surface area contributed by atoms with Crippen LogP contribution >= 0.6 is 0 Å². The maximum atomic E-state index is 12.9. The number of ketones is 1. The molecule has 3 aromatic rings. The molecule has 0 unspecified atom stereocenters. The van der Waals surface area contributed by atoms with Gasteiger partial charge in [-0.15, -0.1) is 0 Å². The number of rotatable bonds is 3. The largest absolute Gasteiger partial charge is 0.505 e. The number of benzene rings is 3. The first-order valence-corrected chi connectivity index (χ1v) is 7.67. The molecule has 0 bridgehead atoms. The summed E-state index contributed by atoms with van der Waals surface area (Å²) in [7, 11) is 0. The molecule has 0 amide bonds. The molecule has 1 aliphatic carbocycles. The summed E-state index contributed by atoms with van der Waals surface area (Å²) >= 11 is 0. The number of aliphatic hydroxyl groups is 1. The van der Waals surface area contributed by atoms with E-state index in [1.54, 1.807) is 42.5 Å². The Bertz CT molecular complexity index is 1080. The average Bonchev–Trinajstić information content (AvgIpc) is 2.63. The van der Waals surface area contributed by atoms with Crippen molar-refractivity contribution in [3.8, 4) is 0 Å². The van der Waals surface area contributed by atoms with Crippen LogP contribution in [0.2, 0.25) is 0 Å². The highest BCUT2D eigenvalue weighted by Gasteiger charge is 2.28. The second-order valence-electron chi connectivity index (χ2n) is 5.74. The number of carboxylic acids is 1. The number of carbonyl (C=O) groups is 2. The maximum absolute atomic E-state index is 12.9. The maximum Gasteiger partial charge on any atom is 0.337 e. The van der Waals surface area contributed by atoms with Gasteiger partial charge in [0.2, 0.25) is 5.78 Å². The lowest BCUT2D eigenvalue weighted by molar-refractivity contribution is 0.0697. The van der Waals surface area contributed by atoms with Crippen LogP contribution in [-0.2, 0) is 0 Å². The summed E-state index contributed by atoms with van der Waals surface area (Å²) in [6, 6.07) is 17.0. The van der Waals surface area contributed by atoms with Crippen molar-refractivity contribution in [2.45, 2.75) is 0 Å². The highest BCUT2D eigenvalue weighted by molar-refractivity contribution is 6.25. The Morgan fingerprint density at radius 1 is 0.880 bits per heavy atom. The molecule has 25 heavy (non-hydrogen) atoms. The van der Waals surface area contributed by atoms with E-state index >= 15 is 0 Å². The minimum Gasteiger partial charge on any atom is -0.505 e. The van der Waals surface area contributed by atoms with E-state index in [1.165, 1.54) is 6.07 Å². The number of para-hydroxylation sites is 1. The number of allylic oxidation sites excluding steroid dienone is 1. The van der Waals surface area contributed by atoms with Gasteiger partial charge in [0.1, 0.15) is 5.70 Å². The third-order valence-electron chi connectivity index (χ3n) is 4.29. The van der Waals surface area contributed by atoms with E-state index in [0.29, 0.717) is 16.5 Å². The molecular weight excluding hydrogens is 318 g/mol. The normalized spacial score (nSPS) is 13.2. The van der Waals surface area contributed by atoms with Crippen LogP contribution in [0.4, 0.5) is 5.69 Å². The molecule has 0 heterocycles. The van der Waals surface area contributed by atoms with Gasteiger partial charge in [-0.25, -0.2) is 4.79 Å². The van der Waals surface area contributed by atoms with Crippen LogP contribution in [0.1, 0.15) is 26.3 Å². The Hall–Kier alpha value is -3.60. The van der Waals surface area contributed by atoms with E-state index in [2.05, 4.69) is 5.32 Å². The molecule has 1 aliphatic rings. The number of carboxylic acid groups (broad SMARTS) is 1. The zero-order valence-corrected chi connectivity index (χ0v) is 13.0. The van der Waals surface area contributed by atoms with E-state index in [4.69, 9.17) is 0 Å². The standard InChI is InChI=1S/C20H13NO4/c22-18-13-8-3-5-11-6-4-9-14(16(11)13)19(23)17(18)21-15-10-2-1-7-12(15)20(24)25/h1-10,21-22H,(H,24,25). The molecule has 4 rings (SSSR count). The van der Waals surface area contributed by atoms with E-state index < -0.39 is 5.97 Å². The number of aromatic carboxylic acids is 1.